The monoisotopic (exact) mass is 243 g/mol. The Kier molecular flexibility index (Phi) is 2.80. The highest BCUT2D eigenvalue weighted by Crippen LogP contribution is 2.25. The summed E-state index contributed by atoms with van der Waals surface area (Å²) in [6.07, 6.45) is 8.87. The maximum absolute atomic E-state index is 11.8. The molecule has 2 heterocycles. The van der Waals surface area contributed by atoms with Crippen LogP contribution in [0.5, 0.6) is 0 Å². The van der Waals surface area contributed by atoms with Gasteiger partial charge in [-0.25, -0.2) is 9.36 Å². The third-order valence-corrected chi connectivity index (χ3v) is 3.09. The van der Waals surface area contributed by atoms with Gasteiger partial charge in [0.1, 0.15) is 5.69 Å². The van der Waals surface area contributed by atoms with Crippen molar-refractivity contribution in [3.8, 4) is 11.5 Å². The van der Waals surface area contributed by atoms with Gasteiger partial charge in [-0.1, -0.05) is 23.4 Å². The highest BCUT2D eigenvalue weighted by atomic mass is 16.5. The quantitative estimate of drug-likeness (QED) is 0.758. The fourth-order valence-corrected chi connectivity index (χ4v) is 2.22. The summed E-state index contributed by atoms with van der Waals surface area (Å²) in [6, 6.07) is 5.53. The number of hydrogen-bond donors (Lipinski definition) is 0. The van der Waals surface area contributed by atoms with Crippen molar-refractivity contribution in [2.75, 3.05) is 0 Å². The molecule has 0 bridgehead atoms. The van der Waals surface area contributed by atoms with E-state index in [0.29, 0.717) is 11.5 Å². The zero-order valence-corrected chi connectivity index (χ0v) is 9.82. The lowest BCUT2D eigenvalue weighted by Gasteiger charge is -2.17. The number of pyridine rings is 1. The minimum Gasteiger partial charge on any atom is -0.295 e. The van der Waals surface area contributed by atoms with Crippen molar-refractivity contribution in [3.05, 3.63) is 47.1 Å². The van der Waals surface area contributed by atoms with Crippen molar-refractivity contribution in [1.82, 2.24) is 14.7 Å². The molecule has 92 valence electrons. The molecule has 0 spiro atoms. The van der Waals surface area contributed by atoms with Crippen molar-refractivity contribution in [3.63, 3.8) is 0 Å². The first-order valence-corrected chi connectivity index (χ1v) is 6.02. The third kappa shape index (κ3) is 1.88. The van der Waals surface area contributed by atoms with E-state index in [1.54, 1.807) is 10.8 Å². The number of allylic oxidation sites excluding steroid dienone is 2. The summed E-state index contributed by atoms with van der Waals surface area (Å²) >= 11 is 0. The van der Waals surface area contributed by atoms with Crippen molar-refractivity contribution < 1.29 is 4.52 Å². The van der Waals surface area contributed by atoms with E-state index in [-0.39, 0.29) is 6.04 Å². The summed E-state index contributed by atoms with van der Waals surface area (Å²) in [6.45, 7) is 0. The molecule has 1 atom stereocenters. The van der Waals surface area contributed by atoms with Crippen molar-refractivity contribution in [2.24, 2.45) is 0 Å². The molecule has 3 rings (SSSR count). The highest BCUT2D eigenvalue weighted by Gasteiger charge is 2.21. The minimum atomic E-state index is -0.424. The Morgan fingerprint density at radius 2 is 2.33 bits per heavy atom. The second-order valence-electron chi connectivity index (χ2n) is 4.28. The van der Waals surface area contributed by atoms with Gasteiger partial charge in [-0.05, 0) is 31.4 Å². The zero-order valence-electron chi connectivity index (χ0n) is 9.82. The van der Waals surface area contributed by atoms with E-state index in [2.05, 4.69) is 16.2 Å². The molecule has 0 fully saturated rings. The molecule has 0 N–H and O–H groups in total. The van der Waals surface area contributed by atoms with E-state index in [0.717, 1.165) is 19.3 Å². The Hall–Kier alpha value is -2.17. The molecule has 0 radical (unpaired) electrons. The SMILES string of the molecule is O=c1onc(-c2ccccn2)n1[C@H]1C=CCCC1. The van der Waals surface area contributed by atoms with Crippen LogP contribution in [0.2, 0.25) is 0 Å². The lowest BCUT2D eigenvalue weighted by molar-refractivity contribution is 0.366. The Morgan fingerprint density at radius 3 is 3.06 bits per heavy atom. The van der Waals surface area contributed by atoms with E-state index < -0.39 is 5.76 Å². The molecule has 18 heavy (non-hydrogen) atoms. The van der Waals surface area contributed by atoms with Crippen LogP contribution in [0.15, 0.2) is 45.9 Å². The van der Waals surface area contributed by atoms with E-state index in [1.165, 1.54) is 0 Å². The van der Waals surface area contributed by atoms with E-state index in [1.807, 2.05) is 24.3 Å². The third-order valence-electron chi connectivity index (χ3n) is 3.09. The largest absolute Gasteiger partial charge is 0.442 e. The highest BCUT2D eigenvalue weighted by molar-refractivity contribution is 5.48. The Bertz CT molecular complexity index is 613. The molecular weight excluding hydrogens is 230 g/mol. The van der Waals surface area contributed by atoms with E-state index in [4.69, 9.17) is 4.52 Å². The first-order valence-electron chi connectivity index (χ1n) is 6.02. The van der Waals surface area contributed by atoms with Crippen LogP contribution in [-0.2, 0) is 0 Å². The van der Waals surface area contributed by atoms with Crippen LogP contribution in [0, 0.1) is 0 Å². The van der Waals surface area contributed by atoms with Gasteiger partial charge in [0.25, 0.3) is 0 Å². The fraction of sp³-hybridized carbons (Fsp3) is 0.308. The Labute approximate surface area is 104 Å². The van der Waals surface area contributed by atoms with Crippen LogP contribution in [-0.4, -0.2) is 14.7 Å². The summed E-state index contributed by atoms with van der Waals surface area (Å²) in [5.74, 6) is 0.0735. The molecular formula is C13H13N3O2. The molecule has 0 amide bonds. The summed E-state index contributed by atoms with van der Waals surface area (Å²) in [5, 5.41) is 3.84. The van der Waals surface area contributed by atoms with Crippen LogP contribution >= 0.6 is 0 Å². The maximum atomic E-state index is 11.8. The lowest BCUT2D eigenvalue weighted by atomic mass is 10.0. The first kappa shape index (κ1) is 11.0. The van der Waals surface area contributed by atoms with Crippen LogP contribution < -0.4 is 5.76 Å². The molecule has 1 aliphatic carbocycles. The van der Waals surface area contributed by atoms with Gasteiger partial charge in [-0.3, -0.25) is 9.51 Å². The van der Waals surface area contributed by atoms with Gasteiger partial charge in [-0.15, -0.1) is 0 Å². The topological polar surface area (TPSA) is 60.9 Å². The molecule has 1 aliphatic rings. The predicted molar refractivity (Wildman–Crippen MR) is 66.0 cm³/mol. The van der Waals surface area contributed by atoms with Gasteiger partial charge in [-0.2, -0.15) is 0 Å². The molecule has 5 nitrogen and oxygen atoms in total. The minimum absolute atomic E-state index is 0.0227. The average Bonchev–Trinajstić information content (AvgIpc) is 2.83. The summed E-state index contributed by atoms with van der Waals surface area (Å²) in [5.41, 5.74) is 0.655. The van der Waals surface area contributed by atoms with Gasteiger partial charge < -0.3 is 0 Å². The molecule has 0 aromatic carbocycles. The number of nitrogens with zero attached hydrogens (tertiary/aromatic N) is 3. The number of rotatable bonds is 2. The molecule has 0 aliphatic heterocycles. The first-order chi connectivity index (χ1) is 8.86. The van der Waals surface area contributed by atoms with Crippen LogP contribution in [0.4, 0.5) is 0 Å². The van der Waals surface area contributed by atoms with Crippen molar-refractivity contribution >= 4 is 0 Å². The molecule has 2 aromatic rings. The Balaban J connectivity index is 2.09. The van der Waals surface area contributed by atoms with Crippen molar-refractivity contribution in [2.45, 2.75) is 25.3 Å². The summed E-state index contributed by atoms with van der Waals surface area (Å²) in [4.78, 5) is 16.0. The molecule has 0 saturated heterocycles. The van der Waals surface area contributed by atoms with Crippen LogP contribution in [0.3, 0.4) is 0 Å². The number of aromatic nitrogens is 3. The molecule has 5 heteroatoms. The van der Waals surface area contributed by atoms with Gasteiger partial charge in [0, 0.05) is 6.20 Å². The number of hydrogen-bond acceptors (Lipinski definition) is 4. The normalized spacial score (nSPS) is 19.0. The van der Waals surface area contributed by atoms with Crippen LogP contribution in [0.25, 0.3) is 11.5 Å². The van der Waals surface area contributed by atoms with Crippen LogP contribution in [0.1, 0.15) is 25.3 Å². The second-order valence-corrected chi connectivity index (χ2v) is 4.28. The second kappa shape index (κ2) is 4.60. The maximum Gasteiger partial charge on any atom is 0.442 e. The van der Waals surface area contributed by atoms with E-state index >= 15 is 0 Å². The smallest absolute Gasteiger partial charge is 0.295 e. The zero-order chi connectivity index (χ0) is 12.4. The standard InChI is InChI=1S/C13H13N3O2/c17-13-16(10-6-2-1-3-7-10)12(15-18-13)11-8-4-5-9-14-11/h2,4-6,8-10H,1,3,7H2/t10-/m0/s1. The van der Waals surface area contributed by atoms with Gasteiger partial charge in [0.2, 0.25) is 5.82 Å². The summed E-state index contributed by atoms with van der Waals surface area (Å²) < 4.78 is 6.37. The predicted octanol–water partition coefficient (Wildman–Crippen LogP) is 2.18. The average molecular weight is 243 g/mol. The molecule has 0 saturated carbocycles. The Morgan fingerprint density at radius 1 is 1.39 bits per heavy atom. The van der Waals surface area contributed by atoms with E-state index in [9.17, 15) is 4.79 Å². The summed E-state index contributed by atoms with van der Waals surface area (Å²) in [7, 11) is 0. The van der Waals surface area contributed by atoms with Gasteiger partial charge in [0.05, 0.1) is 6.04 Å². The van der Waals surface area contributed by atoms with Crippen molar-refractivity contribution in [1.29, 1.82) is 0 Å². The lowest BCUT2D eigenvalue weighted by Crippen LogP contribution is -2.21. The fourth-order valence-electron chi connectivity index (χ4n) is 2.22. The molecule has 2 aromatic heterocycles. The molecule has 0 unspecified atom stereocenters. The van der Waals surface area contributed by atoms with Gasteiger partial charge >= 0.3 is 5.76 Å². The van der Waals surface area contributed by atoms with Gasteiger partial charge in [0.15, 0.2) is 0 Å².